The van der Waals surface area contributed by atoms with Crippen molar-refractivity contribution < 1.29 is 52.1 Å². The molecule has 5 aromatic rings. The summed E-state index contributed by atoms with van der Waals surface area (Å²) in [5, 5.41) is 39.5. The smallest absolute Gasteiger partial charge is 0.430 e. The van der Waals surface area contributed by atoms with Crippen molar-refractivity contribution in [2.45, 2.75) is 44.2 Å². The zero-order valence-corrected chi connectivity index (χ0v) is 32.5. The Labute approximate surface area is 338 Å². The van der Waals surface area contributed by atoms with Crippen molar-refractivity contribution >= 4 is 34.6 Å². The van der Waals surface area contributed by atoms with Crippen LogP contribution < -0.4 is 26.6 Å². The van der Waals surface area contributed by atoms with E-state index in [0.717, 1.165) is 52.7 Å². The van der Waals surface area contributed by atoms with Crippen LogP contribution in [0.15, 0.2) is 102 Å². The predicted molar refractivity (Wildman–Crippen MR) is 213 cm³/mol. The average molecular weight is 818 g/mol. The van der Waals surface area contributed by atoms with Crippen molar-refractivity contribution in [1.82, 2.24) is 15.6 Å². The number of pyridine rings is 1. The minimum absolute atomic E-state index is 0.0582. The first-order valence-corrected chi connectivity index (χ1v) is 18.9. The molecule has 0 unspecified atom stereocenters. The highest BCUT2D eigenvalue weighted by atomic mass is 19.4. The second-order valence-corrected chi connectivity index (χ2v) is 14.8. The molecule has 13 nitrogen and oxygen atoms in total. The first kappa shape index (κ1) is 43.9. The van der Waals surface area contributed by atoms with Crippen LogP contribution in [0.5, 0.6) is 5.75 Å². The molecule has 1 atom stereocenters. The van der Waals surface area contributed by atoms with E-state index >= 15 is 0 Å². The second kappa shape index (κ2) is 19.5. The van der Waals surface area contributed by atoms with Gasteiger partial charge in [-0.05, 0) is 59.0 Å². The number of aromatic amines is 1. The summed E-state index contributed by atoms with van der Waals surface area (Å²) in [6, 6.07) is 29.1. The van der Waals surface area contributed by atoms with Crippen molar-refractivity contribution in [2.75, 3.05) is 45.6 Å². The number of phenols is 1. The number of carboxylic acid groups (broad SMARTS) is 1. The molecule has 6 rings (SSSR count). The lowest BCUT2D eigenvalue weighted by atomic mass is 10.00. The number of aromatic nitrogens is 1. The topological polar surface area (TPSA) is 193 Å². The van der Waals surface area contributed by atoms with Gasteiger partial charge in [0.25, 0.3) is 5.91 Å². The van der Waals surface area contributed by atoms with E-state index in [1.165, 1.54) is 12.1 Å². The Hall–Kier alpha value is -6.23. The molecule has 1 fully saturated rings. The molecular formula is C43H46F3N5O8. The zero-order chi connectivity index (χ0) is 42.7. The number of halogens is 3. The summed E-state index contributed by atoms with van der Waals surface area (Å²) in [7, 11) is 4.38. The number of carbonyl (C=O) groups excluding carboxylic acids is 3. The molecule has 0 radical (unpaired) electrons. The summed E-state index contributed by atoms with van der Waals surface area (Å²) < 4.78 is 38.3. The van der Waals surface area contributed by atoms with E-state index in [9.17, 15) is 37.8 Å². The van der Waals surface area contributed by atoms with E-state index in [-0.39, 0.29) is 35.4 Å². The lowest BCUT2D eigenvalue weighted by Gasteiger charge is -2.36. The highest BCUT2D eigenvalue weighted by Crippen LogP contribution is 2.31. The number of aliphatic carboxylic acids is 1. The van der Waals surface area contributed by atoms with Crippen LogP contribution in [-0.2, 0) is 22.5 Å². The van der Waals surface area contributed by atoms with Gasteiger partial charge in [-0.1, -0.05) is 60.7 Å². The summed E-state index contributed by atoms with van der Waals surface area (Å²) in [6.07, 6.45) is -4.39. The van der Waals surface area contributed by atoms with Gasteiger partial charge in [-0.15, -0.1) is 0 Å². The third kappa shape index (κ3) is 12.6. The number of nitrogens with zero attached hydrogens (tertiary/aromatic N) is 1. The van der Waals surface area contributed by atoms with Gasteiger partial charge in [0.05, 0.1) is 44.5 Å². The van der Waals surface area contributed by atoms with E-state index in [1.807, 2.05) is 60.7 Å². The molecule has 1 aliphatic heterocycles. The first-order valence-electron chi connectivity index (χ1n) is 18.9. The number of fused-ring (bicyclic) bond motifs is 1. The molecule has 4 aromatic carbocycles. The van der Waals surface area contributed by atoms with Crippen LogP contribution >= 0.6 is 0 Å². The van der Waals surface area contributed by atoms with Crippen molar-refractivity contribution in [2.24, 2.45) is 0 Å². The molecule has 1 aliphatic rings. The molecule has 0 aliphatic carbocycles. The summed E-state index contributed by atoms with van der Waals surface area (Å²) in [5.74, 6) is -3.26. The molecule has 2 amide bonds. The Bertz CT molecular complexity index is 2290. The standard InChI is InChI=1S/C41H45N5O6.C2HF3O2/c1-46(2)22-19-31(20-23-46)52-41(51)44-35-24-27(10-13-32(35)29-6-4-3-5-7-29)18-21-43-40(50)30-11-8-28(9-12-30)25-42-26-37(48)33-14-16-36(47)39-34(33)15-17-38(49)45-39;3-2(4,5)1(6)7/h3-17,24,31,37,42,48H,18-23,25-26H2,1-2H3,(H3-,43,44,45,47,49,50,51);(H,6,7)/t37-;/m0./s1. The number of aliphatic hydroxyl groups is 1. The van der Waals surface area contributed by atoms with Crippen molar-refractivity contribution in [3.8, 4) is 16.9 Å². The highest BCUT2D eigenvalue weighted by Gasteiger charge is 2.29. The largest absolute Gasteiger partial charge is 0.542 e. The maximum absolute atomic E-state index is 13.0. The molecule has 16 heteroatoms. The number of H-pyrrole nitrogens is 1. The third-order valence-electron chi connectivity index (χ3n) is 9.87. The number of anilines is 1. The summed E-state index contributed by atoms with van der Waals surface area (Å²) in [5.41, 5.74) is 5.51. The maximum atomic E-state index is 13.0. The third-order valence-corrected chi connectivity index (χ3v) is 9.87. The van der Waals surface area contributed by atoms with E-state index in [0.29, 0.717) is 41.7 Å². The lowest BCUT2D eigenvalue weighted by molar-refractivity contribution is -0.896. The lowest BCUT2D eigenvalue weighted by Crippen LogP contribution is -2.48. The van der Waals surface area contributed by atoms with Crippen LogP contribution in [0.1, 0.15) is 46.0 Å². The van der Waals surface area contributed by atoms with Gasteiger partial charge in [0.2, 0.25) is 5.56 Å². The number of nitrogens with one attached hydrogen (secondary N) is 4. The van der Waals surface area contributed by atoms with Crippen LogP contribution in [0.25, 0.3) is 22.0 Å². The van der Waals surface area contributed by atoms with Gasteiger partial charge < -0.3 is 45.0 Å². The second-order valence-electron chi connectivity index (χ2n) is 14.8. The summed E-state index contributed by atoms with van der Waals surface area (Å²) in [4.78, 5) is 49.1. The number of quaternary nitrogens is 1. The fourth-order valence-electron chi connectivity index (χ4n) is 6.58. The normalized spacial score (nSPS) is 14.4. The quantitative estimate of drug-likeness (QED) is 0.0962. The number of aromatic hydroxyl groups is 1. The SMILES string of the molecule is C[N+]1(C)CCC(OC(=O)Nc2cc(CCNC(=O)c3ccc(CNC[C@H](O)c4ccc(O)c5[nH]c(=O)ccc45)cc3)ccc2-c2ccccc2)CC1.O=C([O-])C(F)(F)F. The van der Waals surface area contributed by atoms with Crippen LogP contribution in [0.4, 0.5) is 23.7 Å². The van der Waals surface area contributed by atoms with E-state index in [1.54, 1.807) is 24.3 Å². The first-order chi connectivity index (χ1) is 28.0. The number of piperidine rings is 1. The van der Waals surface area contributed by atoms with Gasteiger partial charge >= 0.3 is 12.3 Å². The number of alkyl halides is 3. The molecule has 312 valence electrons. The van der Waals surface area contributed by atoms with Gasteiger partial charge in [-0.2, -0.15) is 13.2 Å². The molecule has 0 bridgehead atoms. The summed E-state index contributed by atoms with van der Waals surface area (Å²) >= 11 is 0. The van der Waals surface area contributed by atoms with Crippen LogP contribution in [0.2, 0.25) is 0 Å². The summed E-state index contributed by atoms with van der Waals surface area (Å²) in [6.45, 7) is 3.05. The van der Waals surface area contributed by atoms with Gasteiger partial charge in [-0.25, -0.2) is 4.79 Å². The molecular weight excluding hydrogens is 771 g/mol. The number of ether oxygens (including phenoxy) is 1. The number of aliphatic hydroxyl groups excluding tert-OH is 1. The molecule has 2 heterocycles. The maximum Gasteiger partial charge on any atom is 0.430 e. The molecule has 1 aromatic heterocycles. The number of amides is 2. The zero-order valence-electron chi connectivity index (χ0n) is 32.5. The van der Waals surface area contributed by atoms with E-state index < -0.39 is 24.3 Å². The fourth-order valence-corrected chi connectivity index (χ4v) is 6.58. The Morgan fingerprint density at radius 2 is 1.59 bits per heavy atom. The van der Waals surface area contributed by atoms with Crippen LogP contribution in [0.3, 0.4) is 0 Å². The molecule has 1 saturated heterocycles. The number of likely N-dealkylation sites (tertiary alicyclic amines) is 1. The number of hydrogen-bond acceptors (Lipinski definition) is 9. The fraction of sp³-hybridized carbons (Fsp3) is 0.302. The molecule has 0 spiro atoms. The molecule has 59 heavy (non-hydrogen) atoms. The van der Waals surface area contributed by atoms with E-state index in [4.69, 9.17) is 14.6 Å². The molecule has 6 N–H and O–H groups in total. The van der Waals surface area contributed by atoms with Gasteiger partial charge in [0, 0.05) is 55.1 Å². The van der Waals surface area contributed by atoms with Crippen molar-refractivity contribution in [3.63, 3.8) is 0 Å². The Kier molecular flexibility index (Phi) is 14.5. The van der Waals surface area contributed by atoms with Crippen molar-refractivity contribution in [3.05, 3.63) is 130 Å². The molecule has 0 saturated carbocycles. The minimum Gasteiger partial charge on any atom is -0.542 e. The predicted octanol–water partition coefficient (Wildman–Crippen LogP) is 4.78. The van der Waals surface area contributed by atoms with Gasteiger partial charge in [0.1, 0.15) is 17.8 Å². The highest BCUT2D eigenvalue weighted by molar-refractivity contribution is 5.94. The average Bonchev–Trinajstić information content (AvgIpc) is 3.19. The van der Waals surface area contributed by atoms with Gasteiger partial charge in [0.15, 0.2) is 0 Å². The number of phenolic OH excluding ortho intramolecular Hbond substituents is 1. The Morgan fingerprint density at radius 1 is 0.932 bits per heavy atom. The van der Waals surface area contributed by atoms with Gasteiger partial charge in [-0.3, -0.25) is 14.9 Å². The number of carbonyl (C=O) groups is 3. The number of rotatable bonds is 12. The number of carboxylic acids is 1. The monoisotopic (exact) mass is 817 g/mol. The van der Waals surface area contributed by atoms with Crippen LogP contribution in [-0.4, -0.2) is 90.2 Å². The van der Waals surface area contributed by atoms with Crippen LogP contribution in [0, 0.1) is 0 Å². The van der Waals surface area contributed by atoms with Crippen molar-refractivity contribution in [1.29, 1.82) is 0 Å². The Balaban J connectivity index is 0.000000867. The Morgan fingerprint density at radius 3 is 2.25 bits per heavy atom. The minimum atomic E-state index is -5.19. The number of hydrogen-bond donors (Lipinski definition) is 6. The van der Waals surface area contributed by atoms with E-state index in [2.05, 4.69) is 35.0 Å². The number of benzene rings is 4.